The minimum Gasteiger partial charge on any atom is -0.378 e. The highest BCUT2D eigenvalue weighted by Gasteiger charge is 2.30. The van der Waals surface area contributed by atoms with Crippen molar-refractivity contribution in [1.82, 2.24) is 0 Å². The first-order valence-corrected chi connectivity index (χ1v) is 10.9. The Morgan fingerprint density at radius 3 is 2.36 bits per heavy atom. The Morgan fingerprint density at radius 2 is 1.72 bits per heavy atom. The molecular weight excluding hydrogens is 307 g/mol. The zero-order valence-electron chi connectivity index (χ0n) is 17.1. The molecule has 0 N–H and O–H groups in total. The minimum atomic E-state index is 0.405. The van der Waals surface area contributed by atoms with Crippen molar-refractivity contribution >= 4 is 7.28 Å². The van der Waals surface area contributed by atoms with Crippen LogP contribution in [0.1, 0.15) is 78.6 Å². The van der Waals surface area contributed by atoms with Gasteiger partial charge in [-0.2, -0.15) is 0 Å². The third-order valence-corrected chi connectivity index (χ3v) is 6.27. The van der Waals surface area contributed by atoms with Crippen molar-refractivity contribution in [2.45, 2.75) is 97.1 Å². The maximum Gasteiger partial charge on any atom is 0.151 e. The van der Waals surface area contributed by atoms with E-state index in [0.29, 0.717) is 18.1 Å². The molecule has 0 aromatic heterocycles. The highest BCUT2D eigenvalue weighted by atomic mass is 16.5. The van der Waals surface area contributed by atoms with E-state index in [-0.39, 0.29) is 0 Å². The zero-order chi connectivity index (χ0) is 18.1. The molecule has 0 amide bonds. The van der Waals surface area contributed by atoms with Gasteiger partial charge in [0.05, 0.1) is 12.2 Å². The van der Waals surface area contributed by atoms with Crippen LogP contribution in [-0.4, -0.2) is 32.7 Å². The molecule has 0 spiro atoms. The zero-order valence-corrected chi connectivity index (χ0v) is 17.1. The molecule has 2 rings (SSSR count). The Morgan fingerprint density at radius 1 is 1.04 bits per heavy atom. The van der Waals surface area contributed by atoms with Gasteiger partial charge in [0.2, 0.25) is 0 Å². The van der Waals surface area contributed by atoms with Gasteiger partial charge in [-0.15, -0.1) is 12.1 Å². The molecule has 3 heteroatoms. The van der Waals surface area contributed by atoms with Crippen LogP contribution in [0, 0.1) is 17.8 Å². The Kier molecular flexibility index (Phi) is 9.62. The topological polar surface area (TPSA) is 18.5 Å². The van der Waals surface area contributed by atoms with Gasteiger partial charge in [-0.25, -0.2) is 0 Å². The summed E-state index contributed by atoms with van der Waals surface area (Å²) in [5.41, 5.74) is 1.28. The summed E-state index contributed by atoms with van der Waals surface area (Å²) in [6.45, 7) is 12.6. The fourth-order valence-electron chi connectivity index (χ4n) is 4.43. The van der Waals surface area contributed by atoms with Gasteiger partial charge < -0.3 is 9.47 Å². The molecule has 2 fully saturated rings. The van der Waals surface area contributed by atoms with Crippen LogP contribution in [0.5, 0.6) is 0 Å². The highest BCUT2D eigenvalue weighted by Crippen LogP contribution is 2.32. The Labute approximate surface area is 157 Å². The molecule has 2 nitrogen and oxygen atoms in total. The van der Waals surface area contributed by atoms with E-state index in [2.05, 4.69) is 27.4 Å². The van der Waals surface area contributed by atoms with E-state index >= 15 is 0 Å². The van der Waals surface area contributed by atoms with E-state index in [9.17, 15) is 0 Å². The van der Waals surface area contributed by atoms with E-state index in [4.69, 9.17) is 9.47 Å². The van der Waals surface area contributed by atoms with Crippen LogP contribution in [0.4, 0.5) is 0 Å². The molecule has 0 radical (unpaired) electrons. The van der Waals surface area contributed by atoms with Gasteiger partial charge in [0.25, 0.3) is 0 Å². The van der Waals surface area contributed by atoms with Crippen molar-refractivity contribution in [2.24, 2.45) is 17.8 Å². The predicted octanol–water partition coefficient (Wildman–Crippen LogP) is 5.57. The van der Waals surface area contributed by atoms with Gasteiger partial charge in [0.15, 0.2) is 7.28 Å². The normalized spacial score (nSPS) is 29.3. The number of ether oxygens (including phenoxy) is 2. The summed E-state index contributed by atoms with van der Waals surface area (Å²) in [4.78, 5) is 0. The lowest BCUT2D eigenvalue weighted by Gasteiger charge is -2.36. The average molecular weight is 348 g/mol. The Balaban J connectivity index is 1.71. The fraction of sp³-hybridized carbons (Fsp3) is 0.909. The molecule has 0 saturated heterocycles. The summed E-state index contributed by atoms with van der Waals surface area (Å²) in [6.07, 6.45) is 13.9. The molecule has 25 heavy (non-hydrogen) atoms. The first kappa shape index (κ1) is 21.0. The molecule has 4 unspecified atom stereocenters. The average Bonchev–Trinajstić information content (AvgIpc) is 2.63. The lowest BCUT2D eigenvalue weighted by atomic mass is 9.65. The van der Waals surface area contributed by atoms with Crippen molar-refractivity contribution in [1.29, 1.82) is 0 Å². The maximum atomic E-state index is 6.38. The van der Waals surface area contributed by atoms with Gasteiger partial charge in [0.1, 0.15) is 0 Å². The molecule has 2 saturated carbocycles. The van der Waals surface area contributed by atoms with Crippen LogP contribution in [0.2, 0.25) is 6.32 Å². The van der Waals surface area contributed by atoms with Crippen molar-refractivity contribution in [3.8, 4) is 0 Å². The second-order valence-corrected chi connectivity index (χ2v) is 9.00. The molecule has 0 heterocycles. The quantitative estimate of drug-likeness (QED) is 0.480. The van der Waals surface area contributed by atoms with Crippen LogP contribution >= 0.6 is 0 Å². The van der Waals surface area contributed by atoms with Gasteiger partial charge in [-0.1, -0.05) is 52.8 Å². The third kappa shape index (κ3) is 8.30. The molecular formula is C22H41BO2. The first-order valence-electron chi connectivity index (χ1n) is 10.9. The maximum absolute atomic E-state index is 6.38. The molecule has 4 atom stereocenters. The van der Waals surface area contributed by atoms with Gasteiger partial charge in [-0.3, -0.25) is 0 Å². The van der Waals surface area contributed by atoms with Crippen molar-refractivity contribution < 1.29 is 9.47 Å². The Hall–Kier alpha value is -0.275. The second-order valence-electron chi connectivity index (χ2n) is 9.00. The molecule has 0 aromatic rings. The summed E-state index contributed by atoms with van der Waals surface area (Å²) in [5, 5.41) is 0. The standard InChI is InChI=1S/C22H41BO2/c1-5-19-11-21(24-15-18(4)14-23-17(2)3)13-22(12-19)25-16-20-9-7-6-8-10-20/h18-23H,2,5-16H2,1,3-4H3. The number of rotatable bonds is 10. The van der Waals surface area contributed by atoms with Gasteiger partial charge in [-0.05, 0) is 49.9 Å². The summed E-state index contributed by atoms with van der Waals surface area (Å²) < 4.78 is 12.7. The van der Waals surface area contributed by atoms with Crippen LogP contribution < -0.4 is 0 Å². The molecule has 0 aliphatic heterocycles. The SMILES string of the molecule is C=C(C)BCC(C)COC1CC(CC)CC(OCC2CCCCC2)C1. The van der Waals surface area contributed by atoms with Crippen LogP contribution in [-0.2, 0) is 9.47 Å². The van der Waals surface area contributed by atoms with Crippen molar-refractivity contribution in [2.75, 3.05) is 13.2 Å². The fourth-order valence-corrected chi connectivity index (χ4v) is 4.43. The van der Waals surface area contributed by atoms with Gasteiger partial charge in [0, 0.05) is 13.2 Å². The molecule has 0 bridgehead atoms. The van der Waals surface area contributed by atoms with E-state index in [1.54, 1.807) is 0 Å². The third-order valence-electron chi connectivity index (χ3n) is 6.27. The van der Waals surface area contributed by atoms with E-state index in [1.807, 2.05) is 0 Å². The van der Waals surface area contributed by atoms with Crippen LogP contribution in [0.3, 0.4) is 0 Å². The second kappa shape index (κ2) is 11.4. The van der Waals surface area contributed by atoms with E-state index < -0.39 is 0 Å². The molecule has 2 aliphatic carbocycles. The Bertz CT molecular complexity index is 378. The largest absolute Gasteiger partial charge is 0.378 e. The van der Waals surface area contributed by atoms with Gasteiger partial charge >= 0.3 is 0 Å². The van der Waals surface area contributed by atoms with Crippen molar-refractivity contribution in [3.63, 3.8) is 0 Å². The van der Waals surface area contributed by atoms with Crippen LogP contribution in [0.15, 0.2) is 12.1 Å². The summed E-state index contributed by atoms with van der Waals surface area (Å²) in [6, 6.07) is 0. The van der Waals surface area contributed by atoms with E-state index in [1.165, 1.54) is 63.2 Å². The number of allylic oxidation sites excluding steroid dienone is 1. The first-order chi connectivity index (χ1) is 12.1. The number of hydrogen-bond donors (Lipinski definition) is 0. The smallest absolute Gasteiger partial charge is 0.151 e. The predicted molar refractivity (Wildman–Crippen MR) is 110 cm³/mol. The molecule has 2 aliphatic rings. The summed E-state index contributed by atoms with van der Waals surface area (Å²) in [7, 11) is 1.12. The molecule has 144 valence electrons. The van der Waals surface area contributed by atoms with Crippen molar-refractivity contribution in [3.05, 3.63) is 12.1 Å². The lowest BCUT2D eigenvalue weighted by molar-refractivity contribution is -0.0754. The molecule has 0 aromatic carbocycles. The number of hydrogen-bond acceptors (Lipinski definition) is 2. The monoisotopic (exact) mass is 348 g/mol. The van der Waals surface area contributed by atoms with Crippen LogP contribution in [0.25, 0.3) is 0 Å². The minimum absolute atomic E-state index is 0.405. The van der Waals surface area contributed by atoms with E-state index in [0.717, 1.165) is 38.7 Å². The highest BCUT2D eigenvalue weighted by molar-refractivity contribution is 6.44. The lowest BCUT2D eigenvalue weighted by Crippen LogP contribution is -2.35. The summed E-state index contributed by atoms with van der Waals surface area (Å²) >= 11 is 0. The summed E-state index contributed by atoms with van der Waals surface area (Å²) in [5.74, 6) is 2.22.